The van der Waals surface area contributed by atoms with Crippen LogP contribution in [0.4, 0.5) is 4.39 Å². The Kier molecular flexibility index (Phi) is 4.39. The number of aliphatic imine (C=N–C) groups is 1. The molecule has 0 fully saturated rings. The zero-order chi connectivity index (χ0) is 25.3. The monoisotopic (exact) mass is 595 g/mol. The van der Waals surface area contributed by atoms with Crippen molar-refractivity contribution >= 4 is 29.0 Å². The summed E-state index contributed by atoms with van der Waals surface area (Å²) in [6, 6.07) is 1.72. The van der Waals surface area contributed by atoms with Crippen LogP contribution >= 0.6 is 17.3 Å². The van der Waals surface area contributed by atoms with E-state index in [0.717, 1.165) is 31.1 Å². The first-order valence-corrected chi connectivity index (χ1v) is 20.0. The number of hydrogen-bond acceptors (Lipinski definition) is 6. The van der Waals surface area contributed by atoms with Crippen molar-refractivity contribution in [3.63, 3.8) is 0 Å². The summed E-state index contributed by atoms with van der Waals surface area (Å²) in [7, 11) is 0. The Balaban J connectivity index is 1.70. The van der Waals surface area contributed by atoms with E-state index in [9.17, 15) is 14.7 Å². The second-order valence-corrected chi connectivity index (χ2v) is 25.5. The number of hydrogen-bond donors (Lipinski definition) is 2. The van der Waals surface area contributed by atoms with Crippen LogP contribution in [0.3, 0.4) is 0 Å². The van der Waals surface area contributed by atoms with Gasteiger partial charge in [0.1, 0.15) is 0 Å². The molecule has 1 aromatic rings. The van der Waals surface area contributed by atoms with Gasteiger partial charge in [0.15, 0.2) is 0 Å². The summed E-state index contributed by atoms with van der Waals surface area (Å²) < 4.78 is 31.3. The number of carbonyl (C=O) groups excluding carboxylic acids is 1. The van der Waals surface area contributed by atoms with Gasteiger partial charge in [-0.25, -0.2) is 0 Å². The average molecular weight is 595 g/mol. The summed E-state index contributed by atoms with van der Waals surface area (Å²) >= 11 is -3.62. The molecule has 0 aromatic carbocycles. The van der Waals surface area contributed by atoms with Crippen molar-refractivity contribution in [3.8, 4) is 0 Å². The summed E-state index contributed by atoms with van der Waals surface area (Å²) in [6.07, 6.45) is 0.977. The molecule has 0 saturated carbocycles. The fourth-order valence-corrected chi connectivity index (χ4v) is 14.5. The molecule has 0 bridgehead atoms. The number of carbonyl (C=O) groups is 1. The molecule has 6 rings (SSSR count). The number of aliphatic hydroxyl groups is 1. The molecule has 1 aliphatic carbocycles. The van der Waals surface area contributed by atoms with Crippen molar-refractivity contribution in [2.45, 2.75) is 64.3 Å². The van der Waals surface area contributed by atoms with Crippen molar-refractivity contribution in [2.75, 3.05) is 14.3 Å². The molecular weight excluding hydrogens is 564 g/mol. The predicted molar refractivity (Wildman–Crippen MR) is 142 cm³/mol. The number of allylic oxidation sites excluding steroid dienone is 3. The third kappa shape index (κ3) is 2.80. The van der Waals surface area contributed by atoms with Crippen LogP contribution in [0, 0.1) is 0 Å². The Morgan fingerprint density at radius 2 is 2.03 bits per heavy atom. The van der Waals surface area contributed by atoms with Gasteiger partial charge < -0.3 is 0 Å². The third-order valence-corrected chi connectivity index (χ3v) is 17.1. The number of halogens is 2. The topological polar surface area (TPSA) is 107 Å². The van der Waals surface area contributed by atoms with E-state index in [-0.39, 0.29) is 36.4 Å². The van der Waals surface area contributed by atoms with Crippen molar-refractivity contribution in [3.05, 3.63) is 64.9 Å². The van der Waals surface area contributed by atoms with Crippen LogP contribution in [0.5, 0.6) is 0 Å². The first-order chi connectivity index (χ1) is 16.2. The number of esters is 1. The van der Waals surface area contributed by atoms with E-state index in [0.29, 0.717) is 29.1 Å². The third-order valence-electron chi connectivity index (χ3n) is 8.48. The van der Waals surface area contributed by atoms with Crippen LogP contribution < -0.4 is 9.51 Å². The van der Waals surface area contributed by atoms with Gasteiger partial charge in [-0.3, -0.25) is 0 Å². The van der Waals surface area contributed by atoms with Crippen molar-refractivity contribution < 1.29 is 19.0 Å². The Bertz CT molecular complexity index is 1470. The van der Waals surface area contributed by atoms with Crippen LogP contribution in [0.2, 0.25) is 0 Å². The van der Waals surface area contributed by atoms with Crippen LogP contribution in [0.25, 0.3) is 0 Å². The van der Waals surface area contributed by atoms with Gasteiger partial charge in [0.05, 0.1) is 0 Å². The molecule has 1 aromatic heterocycles. The van der Waals surface area contributed by atoms with E-state index in [1.54, 1.807) is 17.6 Å². The molecule has 0 spiro atoms. The zero-order valence-corrected chi connectivity index (χ0v) is 22.9. The van der Waals surface area contributed by atoms with Gasteiger partial charge in [-0.15, -0.1) is 0 Å². The van der Waals surface area contributed by atoms with Crippen molar-refractivity contribution in [1.29, 1.82) is 0 Å². The Morgan fingerprint density at radius 1 is 1.31 bits per heavy atom. The van der Waals surface area contributed by atoms with E-state index >= 15 is 4.39 Å². The molecule has 0 saturated heterocycles. The van der Waals surface area contributed by atoms with Gasteiger partial charge in [-0.1, -0.05) is 0 Å². The number of nitrogens with two attached hydrogens (primary N) is 1. The van der Waals surface area contributed by atoms with Crippen LogP contribution in [-0.2, 0) is 28.3 Å². The maximum atomic E-state index is 15.2. The molecule has 188 valence electrons. The molecule has 4 aliphatic heterocycles. The molecule has 0 amide bonds. The molecular formula is C26H31FIN3O4. The van der Waals surface area contributed by atoms with Crippen molar-refractivity contribution in [1.82, 2.24) is 4.57 Å². The van der Waals surface area contributed by atoms with Crippen LogP contribution in [0.15, 0.2) is 47.6 Å². The Hall–Kier alpha value is -2.11. The number of rotatable bonds is 1. The number of cyclic esters (lactones) is 1. The molecule has 5 aliphatic rings. The van der Waals surface area contributed by atoms with Crippen LogP contribution in [-0.4, -0.2) is 41.2 Å². The molecule has 0 radical (unpaired) electrons. The number of alkyl halides is 3. The predicted octanol–water partition coefficient (Wildman–Crippen LogP) is 3.39. The summed E-state index contributed by atoms with van der Waals surface area (Å²) in [6.45, 7) is 5.64. The van der Waals surface area contributed by atoms with Gasteiger partial charge >= 0.3 is 205 Å². The van der Waals surface area contributed by atoms with E-state index in [2.05, 4.69) is 9.86 Å². The first kappa shape index (κ1) is 23.3. The maximum absolute atomic E-state index is 15.2. The molecule has 35 heavy (non-hydrogen) atoms. The number of nitrogens with zero attached hydrogens (tertiary/aromatic N) is 2. The van der Waals surface area contributed by atoms with Crippen molar-refractivity contribution in [2.24, 2.45) is 8.94 Å². The second-order valence-electron chi connectivity index (χ2n) is 11.3. The molecule has 7 nitrogen and oxygen atoms in total. The number of ether oxygens (including phenoxy) is 1. The second kappa shape index (κ2) is 6.60. The summed E-state index contributed by atoms with van der Waals surface area (Å²) in [5, 5.41) is 11.2. The molecule has 1 unspecified atom stereocenters. The van der Waals surface area contributed by atoms with E-state index in [1.807, 2.05) is 13.8 Å². The number of pyridine rings is 1. The SMILES string of the molecule is CC[C@@]1(O)C(=O)OCc2c1cc1n(c2=O)CC2=C3C4=C(CCI3(C)(C)N)C(C)=C(F)CC4(C)N=C21. The van der Waals surface area contributed by atoms with Gasteiger partial charge in [-0.2, -0.15) is 0 Å². The van der Waals surface area contributed by atoms with Gasteiger partial charge in [0.2, 0.25) is 0 Å². The molecule has 3 N–H and O–H groups in total. The Labute approximate surface area is 204 Å². The van der Waals surface area contributed by atoms with Gasteiger partial charge in [0.25, 0.3) is 0 Å². The fraction of sp³-hybridized carbons (Fsp3) is 0.500. The molecule has 2 atom stereocenters. The normalized spacial score (nSPS) is 33.2. The number of fused-ring (bicyclic) bond motifs is 4. The summed E-state index contributed by atoms with van der Waals surface area (Å²) in [5.41, 5.74) is 2.49. The molecule has 5 heterocycles. The first-order valence-electron chi connectivity index (χ1n) is 11.9. The minimum atomic E-state index is -3.62. The standard InChI is InChI=1S/C26H31FIN3O4/c1-6-26(34)17-9-19-22-15(11-31(19)23(32)16(17)12-35-24(26)33)21-20-14(7-8-28(21,4,5)29)13(2)18(27)10-25(20,3)30-22/h9,34H,6-8,10-12,29H2,1-5H3/t25?,26-/m0/s1. The fourth-order valence-electron chi connectivity index (χ4n) is 6.48. The van der Waals surface area contributed by atoms with E-state index in [4.69, 9.17) is 13.7 Å². The van der Waals surface area contributed by atoms with Gasteiger partial charge in [0, 0.05) is 0 Å². The minimum absolute atomic E-state index is 0.0809. The average Bonchev–Trinajstić information content (AvgIpc) is 3.12. The Morgan fingerprint density at radius 3 is 2.71 bits per heavy atom. The molecule has 9 heteroatoms. The quantitative estimate of drug-likeness (QED) is 0.224. The van der Waals surface area contributed by atoms with Gasteiger partial charge in [-0.05, 0) is 0 Å². The van der Waals surface area contributed by atoms with E-state index in [1.165, 1.54) is 0 Å². The van der Waals surface area contributed by atoms with E-state index < -0.39 is 34.4 Å². The number of aromatic nitrogens is 1. The summed E-state index contributed by atoms with van der Waals surface area (Å²) in [5.74, 6) is -0.902. The number of dihydropyridines is 1. The van der Waals surface area contributed by atoms with Crippen LogP contribution in [0.1, 0.15) is 56.9 Å². The summed E-state index contributed by atoms with van der Waals surface area (Å²) in [4.78, 5) is 35.7. The zero-order valence-electron chi connectivity index (χ0n) is 20.7.